The van der Waals surface area contributed by atoms with Crippen LogP contribution in [-0.4, -0.2) is 64.6 Å². The second-order valence-electron chi connectivity index (χ2n) is 10.7. The third kappa shape index (κ3) is 7.08. The summed E-state index contributed by atoms with van der Waals surface area (Å²) in [5.41, 5.74) is 4.32. The molecule has 214 valence electrons. The quantitative estimate of drug-likeness (QED) is 0.190. The zero-order valence-corrected chi connectivity index (χ0v) is 23.8. The number of nitrogens with zero attached hydrogens (tertiary/aromatic N) is 2. The number of carbonyl (C=O) groups excluding carboxylic acids is 3. The van der Waals surface area contributed by atoms with E-state index >= 15 is 0 Å². The number of rotatable bonds is 6. The van der Waals surface area contributed by atoms with Gasteiger partial charge in [-0.3, -0.25) is 9.69 Å². The predicted octanol–water partition coefficient (Wildman–Crippen LogP) is 5.15. The van der Waals surface area contributed by atoms with Gasteiger partial charge < -0.3 is 20.0 Å². The molecule has 4 rings (SSSR count). The maximum Gasteiger partial charge on any atom is 0.410 e. The molecule has 1 aliphatic carbocycles. The first-order valence-electron chi connectivity index (χ1n) is 13.5. The molecule has 2 aromatic rings. The molecule has 0 bridgehead atoms. The Morgan fingerprint density at radius 2 is 1.65 bits per heavy atom. The molecule has 9 nitrogen and oxygen atoms in total. The summed E-state index contributed by atoms with van der Waals surface area (Å²) in [7, 11) is 0. The summed E-state index contributed by atoms with van der Waals surface area (Å²) in [5, 5.41) is 15.1. The minimum absolute atomic E-state index is 0.225. The smallest absolute Gasteiger partial charge is 0.410 e. The van der Waals surface area contributed by atoms with Crippen LogP contribution in [0.3, 0.4) is 0 Å². The van der Waals surface area contributed by atoms with E-state index in [0.29, 0.717) is 25.1 Å². The van der Waals surface area contributed by atoms with Gasteiger partial charge in [0.2, 0.25) is 5.91 Å². The van der Waals surface area contributed by atoms with Crippen molar-refractivity contribution in [2.75, 3.05) is 13.2 Å². The second kappa shape index (κ2) is 13.3. The van der Waals surface area contributed by atoms with Gasteiger partial charge in [0.25, 0.3) is 0 Å². The van der Waals surface area contributed by atoms with Crippen LogP contribution in [0.1, 0.15) is 58.6 Å². The van der Waals surface area contributed by atoms with Gasteiger partial charge >= 0.3 is 12.1 Å². The number of hydrogen-bond donors (Lipinski definition) is 2. The molecule has 2 aliphatic rings. The Hall–Kier alpha value is -4.14. The Labute approximate surface area is 235 Å². The van der Waals surface area contributed by atoms with Crippen molar-refractivity contribution in [2.45, 2.75) is 65.1 Å². The monoisotopic (exact) mass is 549 g/mol. The van der Waals surface area contributed by atoms with Crippen LogP contribution in [-0.2, 0) is 19.1 Å². The van der Waals surface area contributed by atoms with Crippen molar-refractivity contribution >= 4 is 23.7 Å². The number of benzene rings is 2. The highest BCUT2D eigenvalue weighted by Gasteiger charge is 2.38. The summed E-state index contributed by atoms with van der Waals surface area (Å²) in [6.07, 6.45) is 2.30. The summed E-state index contributed by atoms with van der Waals surface area (Å²) in [4.78, 5) is 38.5. The number of amides is 2. The summed E-state index contributed by atoms with van der Waals surface area (Å²) >= 11 is 0. The van der Waals surface area contributed by atoms with Crippen LogP contribution < -0.4 is 5.32 Å². The maximum absolute atomic E-state index is 12.7. The third-order valence-corrected chi connectivity index (χ3v) is 6.67. The number of oxime groups is 1. The summed E-state index contributed by atoms with van der Waals surface area (Å²) < 4.78 is 10.4. The Balaban J connectivity index is 0.000000246. The molecule has 1 fully saturated rings. The molecule has 1 saturated heterocycles. The fraction of sp³-hybridized carbons (Fsp3) is 0.419. The van der Waals surface area contributed by atoms with E-state index in [-0.39, 0.29) is 18.4 Å². The second-order valence-corrected chi connectivity index (χ2v) is 10.7. The van der Waals surface area contributed by atoms with E-state index in [1.54, 1.807) is 40.7 Å². The van der Waals surface area contributed by atoms with Crippen LogP contribution in [0.2, 0.25) is 0 Å². The lowest BCUT2D eigenvalue weighted by molar-refractivity contribution is -0.148. The average molecular weight is 550 g/mol. The number of esters is 1. The number of ether oxygens (including phenoxy) is 2. The van der Waals surface area contributed by atoms with Gasteiger partial charge in [-0.2, -0.15) is 0 Å². The molecule has 0 spiro atoms. The first kappa shape index (κ1) is 30.4. The van der Waals surface area contributed by atoms with Crippen molar-refractivity contribution in [2.24, 2.45) is 11.1 Å². The number of hydrogen-bond acceptors (Lipinski definition) is 7. The highest BCUT2D eigenvalue weighted by Crippen LogP contribution is 2.36. The molecular weight excluding hydrogens is 510 g/mol. The Morgan fingerprint density at radius 1 is 1.10 bits per heavy atom. The lowest BCUT2D eigenvalue weighted by Crippen LogP contribution is -2.53. The lowest BCUT2D eigenvalue weighted by atomic mass is 10.0. The van der Waals surface area contributed by atoms with E-state index < -0.39 is 29.7 Å². The molecule has 0 aromatic heterocycles. The van der Waals surface area contributed by atoms with Crippen molar-refractivity contribution in [3.8, 4) is 11.1 Å². The molecule has 9 heteroatoms. The largest absolute Gasteiger partial charge is 0.464 e. The van der Waals surface area contributed by atoms with E-state index in [2.05, 4.69) is 17.1 Å². The summed E-state index contributed by atoms with van der Waals surface area (Å²) in [5.74, 6) is -1.18. The topological polar surface area (TPSA) is 118 Å². The van der Waals surface area contributed by atoms with Crippen LogP contribution in [0.25, 0.3) is 11.1 Å². The maximum atomic E-state index is 12.7. The van der Waals surface area contributed by atoms with Gasteiger partial charge in [-0.1, -0.05) is 66.7 Å². The number of fused-ring (bicyclic) bond motifs is 3. The van der Waals surface area contributed by atoms with Gasteiger partial charge in [-0.25, -0.2) is 9.59 Å². The fourth-order valence-electron chi connectivity index (χ4n) is 4.70. The highest BCUT2D eigenvalue weighted by atomic mass is 16.6. The minimum Gasteiger partial charge on any atom is -0.464 e. The van der Waals surface area contributed by atoms with E-state index in [4.69, 9.17) is 14.7 Å². The molecule has 3 atom stereocenters. The fourth-order valence-corrected chi connectivity index (χ4v) is 4.70. The normalized spacial score (nSPS) is 16.9. The van der Waals surface area contributed by atoms with Crippen molar-refractivity contribution in [3.63, 3.8) is 0 Å². The first-order valence-corrected chi connectivity index (χ1v) is 13.5. The molecular formula is C31H39N3O6. The van der Waals surface area contributed by atoms with Gasteiger partial charge in [0.1, 0.15) is 23.4 Å². The molecule has 2 N–H and O–H groups in total. The molecule has 3 unspecified atom stereocenters. The molecule has 0 radical (unpaired) electrons. The predicted molar refractivity (Wildman–Crippen MR) is 153 cm³/mol. The zero-order valence-electron chi connectivity index (χ0n) is 23.8. The summed E-state index contributed by atoms with van der Waals surface area (Å²) in [6, 6.07) is 14.5. The Morgan fingerprint density at radius 3 is 2.12 bits per heavy atom. The van der Waals surface area contributed by atoms with Crippen molar-refractivity contribution in [1.82, 2.24) is 10.2 Å². The van der Waals surface area contributed by atoms with Gasteiger partial charge in [0, 0.05) is 23.6 Å². The number of carbonyl (C=O) groups is 3. The molecule has 40 heavy (non-hydrogen) atoms. The van der Waals surface area contributed by atoms with E-state index in [0.717, 1.165) is 22.3 Å². The average Bonchev–Trinajstić information content (AvgIpc) is 3.54. The van der Waals surface area contributed by atoms with Crippen molar-refractivity contribution in [1.29, 1.82) is 0 Å². The zero-order chi connectivity index (χ0) is 29.4. The Bertz CT molecular complexity index is 1220. The standard InChI is InChI=1S/C18H30N2O5.C13H9NO/c1-7-12(3)14(16(22)24-8-2)19-15(21)13-10-9-11-20(13)17(23)25-18(4,5)6;15-14-13-11-7-3-1-5-9(11)10-6-2-4-8-12(10)13/h7,12-14H,1,8-11H2,2-6H3,(H,19,21);1-8,15H. The summed E-state index contributed by atoms with van der Waals surface area (Å²) in [6.45, 7) is 13.2. The van der Waals surface area contributed by atoms with E-state index in [9.17, 15) is 14.4 Å². The highest BCUT2D eigenvalue weighted by molar-refractivity contribution is 6.24. The molecule has 1 aliphatic heterocycles. The molecule has 2 amide bonds. The van der Waals surface area contributed by atoms with Gasteiger partial charge in [0.05, 0.1) is 6.61 Å². The molecule has 1 heterocycles. The van der Waals surface area contributed by atoms with Crippen LogP contribution >= 0.6 is 0 Å². The number of likely N-dealkylation sites (tertiary alicyclic amines) is 1. The number of nitrogens with one attached hydrogen (secondary N) is 1. The molecule has 2 aromatic carbocycles. The van der Waals surface area contributed by atoms with Crippen molar-refractivity contribution < 1.29 is 29.1 Å². The van der Waals surface area contributed by atoms with Crippen LogP contribution in [0.4, 0.5) is 4.79 Å². The SMILES string of the molecule is C=CC(C)C(NC(=O)C1CCCN1C(=O)OC(C)(C)C)C(=O)OCC.ON=C1c2ccccc2-c2ccccc21. The van der Waals surface area contributed by atoms with Gasteiger partial charge in [0.15, 0.2) is 0 Å². The van der Waals surface area contributed by atoms with Gasteiger partial charge in [-0.15, -0.1) is 6.58 Å². The molecule has 0 saturated carbocycles. The van der Waals surface area contributed by atoms with Crippen LogP contribution in [0.5, 0.6) is 0 Å². The van der Waals surface area contributed by atoms with E-state index in [1.807, 2.05) is 48.5 Å². The van der Waals surface area contributed by atoms with Crippen LogP contribution in [0, 0.1) is 5.92 Å². The van der Waals surface area contributed by atoms with Crippen molar-refractivity contribution in [3.05, 3.63) is 72.3 Å². The minimum atomic E-state index is -0.828. The van der Waals surface area contributed by atoms with Crippen LogP contribution in [0.15, 0.2) is 66.3 Å². The lowest BCUT2D eigenvalue weighted by Gasteiger charge is -2.29. The Kier molecular flexibility index (Phi) is 10.1. The van der Waals surface area contributed by atoms with Gasteiger partial charge in [-0.05, 0) is 51.7 Å². The first-order chi connectivity index (χ1) is 19.0. The third-order valence-electron chi connectivity index (χ3n) is 6.67. The van der Waals surface area contributed by atoms with E-state index in [1.165, 1.54) is 4.90 Å².